The summed E-state index contributed by atoms with van der Waals surface area (Å²) < 4.78 is 0. The van der Waals surface area contributed by atoms with Gasteiger partial charge in [-0.15, -0.1) is 0 Å². The quantitative estimate of drug-likeness (QED) is 0.625. The summed E-state index contributed by atoms with van der Waals surface area (Å²) in [6, 6.07) is 11.7. The van der Waals surface area contributed by atoms with E-state index in [9.17, 15) is 4.79 Å². The van der Waals surface area contributed by atoms with E-state index in [4.69, 9.17) is 5.73 Å². The standard InChI is InChI=1S/C23H27N5O/c1-28-10-6-16(7-11-28)13-21(29)19-5-8-25-22(14-19)27-15-17-2-3-20-18(12-17)4-9-26-23(20)24/h2-5,8-9,12,14,16H,6-7,10-11,13,15H2,1H3,(H2,24,26)(H,25,27). The molecular weight excluding hydrogens is 362 g/mol. The Kier molecular flexibility index (Phi) is 5.71. The Hall–Kier alpha value is -2.99. The first-order valence-corrected chi connectivity index (χ1v) is 10.1. The van der Waals surface area contributed by atoms with Crippen LogP contribution in [-0.2, 0) is 6.54 Å². The van der Waals surface area contributed by atoms with Crippen LogP contribution in [-0.4, -0.2) is 40.8 Å². The molecule has 0 amide bonds. The number of nitrogens with two attached hydrogens (primary N) is 1. The highest BCUT2D eigenvalue weighted by molar-refractivity contribution is 5.96. The van der Waals surface area contributed by atoms with Crippen LogP contribution in [0.15, 0.2) is 48.8 Å². The van der Waals surface area contributed by atoms with E-state index in [0.717, 1.165) is 47.8 Å². The molecule has 0 aliphatic carbocycles. The molecule has 3 heterocycles. The Morgan fingerprint density at radius 1 is 1.14 bits per heavy atom. The van der Waals surface area contributed by atoms with Crippen LogP contribution in [0.1, 0.15) is 35.2 Å². The van der Waals surface area contributed by atoms with Gasteiger partial charge in [0.25, 0.3) is 0 Å². The largest absolute Gasteiger partial charge is 0.383 e. The predicted molar refractivity (Wildman–Crippen MR) is 117 cm³/mol. The zero-order chi connectivity index (χ0) is 20.2. The molecule has 1 aliphatic heterocycles. The first kappa shape index (κ1) is 19.3. The number of carbonyl (C=O) groups excluding carboxylic acids is 1. The molecule has 1 fully saturated rings. The minimum absolute atomic E-state index is 0.207. The van der Waals surface area contributed by atoms with E-state index in [1.54, 1.807) is 12.4 Å². The van der Waals surface area contributed by atoms with Crippen molar-refractivity contribution in [2.45, 2.75) is 25.8 Å². The topological polar surface area (TPSA) is 84.1 Å². The first-order chi connectivity index (χ1) is 14.1. The normalized spacial score (nSPS) is 15.5. The Morgan fingerprint density at radius 2 is 1.93 bits per heavy atom. The van der Waals surface area contributed by atoms with E-state index >= 15 is 0 Å². The number of nitrogens with zero attached hydrogens (tertiary/aromatic N) is 3. The Bertz CT molecular complexity index is 1010. The first-order valence-electron chi connectivity index (χ1n) is 10.1. The van der Waals surface area contributed by atoms with Gasteiger partial charge in [-0.25, -0.2) is 9.97 Å². The maximum atomic E-state index is 12.7. The number of benzene rings is 1. The molecule has 4 rings (SSSR count). The molecule has 2 aromatic heterocycles. The van der Waals surface area contributed by atoms with Gasteiger partial charge in [0.05, 0.1) is 0 Å². The molecule has 0 atom stereocenters. The lowest BCUT2D eigenvalue weighted by Crippen LogP contribution is -2.31. The van der Waals surface area contributed by atoms with E-state index in [2.05, 4.69) is 33.3 Å². The predicted octanol–water partition coefficient (Wildman–Crippen LogP) is 3.74. The van der Waals surface area contributed by atoms with Crippen molar-refractivity contribution in [1.29, 1.82) is 0 Å². The van der Waals surface area contributed by atoms with Crippen LogP contribution in [0.3, 0.4) is 0 Å². The fraction of sp³-hybridized carbons (Fsp3) is 0.348. The number of Topliss-reactive ketones (excluding diaryl/α,β-unsaturated/α-hetero) is 1. The molecule has 150 valence electrons. The summed E-state index contributed by atoms with van der Waals surface area (Å²) in [6.07, 6.45) is 6.24. The zero-order valence-corrected chi connectivity index (χ0v) is 16.8. The van der Waals surface area contributed by atoms with Crippen LogP contribution < -0.4 is 11.1 Å². The maximum Gasteiger partial charge on any atom is 0.163 e. The number of aromatic nitrogens is 2. The highest BCUT2D eigenvalue weighted by atomic mass is 16.1. The number of likely N-dealkylation sites (tertiary alicyclic amines) is 1. The summed E-state index contributed by atoms with van der Waals surface area (Å²) in [6.45, 7) is 2.78. The number of ketones is 1. The second-order valence-electron chi connectivity index (χ2n) is 7.91. The van der Waals surface area contributed by atoms with E-state index in [-0.39, 0.29) is 5.78 Å². The highest BCUT2D eigenvalue weighted by Crippen LogP contribution is 2.23. The summed E-state index contributed by atoms with van der Waals surface area (Å²) in [5.74, 6) is 1.95. The summed E-state index contributed by atoms with van der Waals surface area (Å²) in [7, 11) is 2.14. The fourth-order valence-corrected chi connectivity index (χ4v) is 3.90. The van der Waals surface area contributed by atoms with Gasteiger partial charge in [0.15, 0.2) is 5.78 Å². The van der Waals surface area contributed by atoms with Gasteiger partial charge in [0.1, 0.15) is 11.6 Å². The molecule has 0 saturated carbocycles. The lowest BCUT2D eigenvalue weighted by Gasteiger charge is -2.28. The molecule has 6 nitrogen and oxygen atoms in total. The van der Waals surface area contributed by atoms with Crippen LogP contribution in [0, 0.1) is 5.92 Å². The molecule has 3 N–H and O–H groups in total. The Morgan fingerprint density at radius 3 is 2.76 bits per heavy atom. The Balaban J connectivity index is 1.39. The number of nitrogens with one attached hydrogen (secondary N) is 1. The summed E-state index contributed by atoms with van der Waals surface area (Å²) in [4.78, 5) is 23.5. The highest BCUT2D eigenvalue weighted by Gasteiger charge is 2.20. The number of pyridine rings is 2. The van der Waals surface area contributed by atoms with Gasteiger partial charge in [-0.1, -0.05) is 12.1 Å². The summed E-state index contributed by atoms with van der Waals surface area (Å²) in [5.41, 5.74) is 7.77. The average Bonchev–Trinajstić information content (AvgIpc) is 2.74. The van der Waals surface area contributed by atoms with Crippen molar-refractivity contribution < 1.29 is 4.79 Å². The van der Waals surface area contributed by atoms with Gasteiger partial charge in [0, 0.05) is 36.3 Å². The van der Waals surface area contributed by atoms with E-state index in [1.807, 2.05) is 30.3 Å². The molecule has 0 spiro atoms. The molecule has 6 heteroatoms. The van der Waals surface area contributed by atoms with Gasteiger partial charge in [0.2, 0.25) is 0 Å². The van der Waals surface area contributed by atoms with E-state index in [0.29, 0.717) is 30.5 Å². The molecule has 29 heavy (non-hydrogen) atoms. The van der Waals surface area contributed by atoms with Crippen molar-refractivity contribution in [3.05, 3.63) is 59.9 Å². The molecule has 0 bridgehead atoms. The Labute approximate surface area is 171 Å². The van der Waals surface area contributed by atoms with Crippen LogP contribution in [0.2, 0.25) is 0 Å². The number of carbonyl (C=O) groups is 1. The molecule has 1 saturated heterocycles. The lowest BCUT2D eigenvalue weighted by molar-refractivity contribution is 0.0936. The molecular formula is C23H27N5O. The third-order valence-corrected chi connectivity index (χ3v) is 5.73. The number of fused-ring (bicyclic) bond motifs is 1. The van der Waals surface area contributed by atoms with Crippen molar-refractivity contribution in [1.82, 2.24) is 14.9 Å². The smallest absolute Gasteiger partial charge is 0.163 e. The minimum Gasteiger partial charge on any atom is -0.383 e. The number of nitrogen functional groups attached to an aromatic ring is 1. The fourth-order valence-electron chi connectivity index (χ4n) is 3.90. The van der Waals surface area contributed by atoms with Crippen molar-refractivity contribution in [2.24, 2.45) is 5.92 Å². The van der Waals surface area contributed by atoms with Gasteiger partial charge >= 0.3 is 0 Å². The monoisotopic (exact) mass is 389 g/mol. The van der Waals surface area contributed by atoms with E-state index in [1.165, 1.54) is 0 Å². The minimum atomic E-state index is 0.207. The maximum absolute atomic E-state index is 12.7. The van der Waals surface area contributed by atoms with Crippen molar-refractivity contribution in [3.8, 4) is 0 Å². The summed E-state index contributed by atoms with van der Waals surface area (Å²) >= 11 is 0. The van der Waals surface area contributed by atoms with Gasteiger partial charge < -0.3 is 16.0 Å². The second-order valence-corrected chi connectivity index (χ2v) is 7.91. The molecule has 1 aromatic carbocycles. The van der Waals surface area contributed by atoms with Crippen LogP contribution >= 0.6 is 0 Å². The van der Waals surface area contributed by atoms with E-state index < -0.39 is 0 Å². The SMILES string of the molecule is CN1CCC(CC(=O)c2ccnc(NCc3ccc4c(N)nccc4c3)c2)CC1. The number of hydrogen-bond acceptors (Lipinski definition) is 6. The molecule has 3 aromatic rings. The number of anilines is 2. The van der Waals surface area contributed by atoms with Crippen LogP contribution in [0.25, 0.3) is 10.8 Å². The third kappa shape index (κ3) is 4.71. The third-order valence-electron chi connectivity index (χ3n) is 5.73. The lowest BCUT2D eigenvalue weighted by atomic mass is 9.90. The van der Waals surface area contributed by atoms with Crippen LogP contribution in [0.5, 0.6) is 0 Å². The number of rotatable bonds is 6. The van der Waals surface area contributed by atoms with Gasteiger partial charge in [-0.05, 0) is 74.1 Å². The van der Waals surface area contributed by atoms with Gasteiger partial charge in [-0.3, -0.25) is 4.79 Å². The second kappa shape index (κ2) is 8.57. The van der Waals surface area contributed by atoms with Crippen molar-refractivity contribution in [3.63, 3.8) is 0 Å². The summed E-state index contributed by atoms with van der Waals surface area (Å²) in [5, 5.41) is 5.34. The molecule has 1 aliphatic rings. The number of hydrogen-bond donors (Lipinski definition) is 2. The van der Waals surface area contributed by atoms with Crippen molar-refractivity contribution in [2.75, 3.05) is 31.2 Å². The zero-order valence-electron chi connectivity index (χ0n) is 16.8. The number of piperidine rings is 1. The average molecular weight is 390 g/mol. The molecule has 0 unspecified atom stereocenters. The van der Waals surface area contributed by atoms with Gasteiger partial charge in [-0.2, -0.15) is 0 Å². The van der Waals surface area contributed by atoms with Crippen molar-refractivity contribution >= 4 is 28.2 Å². The molecule has 0 radical (unpaired) electrons. The van der Waals surface area contributed by atoms with Crippen LogP contribution in [0.4, 0.5) is 11.6 Å².